The summed E-state index contributed by atoms with van der Waals surface area (Å²) in [7, 11) is 3.00. The van der Waals surface area contributed by atoms with E-state index in [1.54, 1.807) is 31.2 Å². The molecule has 9 heteroatoms. The Kier molecular flexibility index (Phi) is 8.07. The van der Waals surface area contributed by atoms with Gasteiger partial charge in [-0.1, -0.05) is 18.2 Å². The van der Waals surface area contributed by atoms with Crippen LogP contribution in [0.4, 0.5) is 18.9 Å². The van der Waals surface area contributed by atoms with E-state index >= 15 is 0 Å². The number of hydrogen-bond donors (Lipinski definition) is 1. The molecule has 0 radical (unpaired) electrons. The number of alkyl halides is 3. The summed E-state index contributed by atoms with van der Waals surface area (Å²) in [6, 6.07) is 9.76. The molecule has 2 amide bonds. The topological polar surface area (TPSA) is 67.9 Å². The molecular formula is C22H23F3N2O4. The predicted octanol–water partition coefficient (Wildman–Crippen LogP) is 4.22. The van der Waals surface area contributed by atoms with Crippen molar-refractivity contribution in [2.45, 2.75) is 13.1 Å². The van der Waals surface area contributed by atoms with Crippen molar-refractivity contribution in [2.75, 3.05) is 32.6 Å². The van der Waals surface area contributed by atoms with Crippen molar-refractivity contribution >= 4 is 23.6 Å². The van der Waals surface area contributed by atoms with Gasteiger partial charge in [0.2, 0.25) is 11.8 Å². The van der Waals surface area contributed by atoms with E-state index in [1.807, 2.05) is 0 Å². The average molecular weight is 436 g/mol. The monoisotopic (exact) mass is 436 g/mol. The third kappa shape index (κ3) is 6.50. The minimum absolute atomic E-state index is 0.198. The lowest BCUT2D eigenvalue weighted by molar-refractivity contribution is -0.137. The minimum atomic E-state index is -4.60. The van der Waals surface area contributed by atoms with Gasteiger partial charge in [0.25, 0.3) is 0 Å². The van der Waals surface area contributed by atoms with E-state index in [0.717, 1.165) is 12.1 Å². The number of halogens is 3. The van der Waals surface area contributed by atoms with Gasteiger partial charge in [-0.05, 0) is 42.8 Å². The van der Waals surface area contributed by atoms with Gasteiger partial charge >= 0.3 is 6.18 Å². The number of ether oxygens (including phenoxy) is 2. The van der Waals surface area contributed by atoms with Crippen LogP contribution in [0.3, 0.4) is 0 Å². The van der Waals surface area contributed by atoms with Crippen LogP contribution in [-0.4, -0.2) is 44.0 Å². The van der Waals surface area contributed by atoms with E-state index in [2.05, 4.69) is 5.32 Å². The Morgan fingerprint density at radius 1 is 1.06 bits per heavy atom. The van der Waals surface area contributed by atoms with E-state index < -0.39 is 30.1 Å². The standard InChI is InChI=1S/C22H23F3N2O4/c1-4-27(14-20(28)26-17-8-6-5-7-16(17)22(23,24)25)21(29)12-10-15-9-11-18(30-2)19(13-15)31-3/h5-13H,4,14H2,1-3H3,(H,26,28)/b12-10+. The number of methoxy groups -OCH3 is 2. The molecular weight excluding hydrogens is 413 g/mol. The molecule has 31 heavy (non-hydrogen) atoms. The van der Waals surface area contributed by atoms with E-state index in [9.17, 15) is 22.8 Å². The van der Waals surface area contributed by atoms with E-state index in [4.69, 9.17) is 9.47 Å². The third-order valence-electron chi connectivity index (χ3n) is 4.36. The summed E-state index contributed by atoms with van der Waals surface area (Å²) < 4.78 is 49.6. The highest BCUT2D eigenvalue weighted by Crippen LogP contribution is 2.34. The number of nitrogens with one attached hydrogen (secondary N) is 1. The molecule has 0 heterocycles. The molecule has 6 nitrogen and oxygen atoms in total. The number of hydrogen-bond acceptors (Lipinski definition) is 4. The second kappa shape index (κ2) is 10.5. The quantitative estimate of drug-likeness (QED) is 0.629. The first kappa shape index (κ1) is 23.8. The number of nitrogens with zero attached hydrogens (tertiary/aromatic N) is 1. The number of carbonyl (C=O) groups excluding carboxylic acids is 2. The van der Waals surface area contributed by atoms with Crippen LogP contribution in [0.2, 0.25) is 0 Å². The van der Waals surface area contributed by atoms with Crippen LogP contribution < -0.4 is 14.8 Å². The molecule has 2 rings (SSSR count). The van der Waals surface area contributed by atoms with Gasteiger partial charge in [-0.15, -0.1) is 0 Å². The molecule has 0 atom stereocenters. The first-order valence-corrected chi connectivity index (χ1v) is 9.34. The maximum absolute atomic E-state index is 13.1. The molecule has 0 aliphatic rings. The van der Waals surface area contributed by atoms with Crippen molar-refractivity contribution in [1.29, 1.82) is 0 Å². The summed E-state index contributed by atoms with van der Waals surface area (Å²) in [5, 5.41) is 2.23. The lowest BCUT2D eigenvalue weighted by atomic mass is 10.1. The molecule has 0 aliphatic heterocycles. The number of anilines is 1. The minimum Gasteiger partial charge on any atom is -0.493 e. The van der Waals surface area contributed by atoms with Gasteiger partial charge in [0.15, 0.2) is 11.5 Å². The molecule has 166 valence electrons. The molecule has 1 N–H and O–H groups in total. The number of amides is 2. The average Bonchev–Trinajstić information content (AvgIpc) is 2.75. The maximum atomic E-state index is 13.1. The van der Waals surface area contributed by atoms with Crippen molar-refractivity contribution in [1.82, 2.24) is 4.90 Å². The molecule has 0 aliphatic carbocycles. The van der Waals surface area contributed by atoms with Crippen molar-refractivity contribution in [3.8, 4) is 11.5 Å². The van der Waals surface area contributed by atoms with Crippen LogP contribution in [0.15, 0.2) is 48.5 Å². The first-order chi connectivity index (χ1) is 14.7. The van der Waals surface area contributed by atoms with Crippen LogP contribution in [-0.2, 0) is 15.8 Å². The van der Waals surface area contributed by atoms with Gasteiger partial charge in [-0.2, -0.15) is 13.2 Å². The Hall–Kier alpha value is -3.49. The second-order valence-corrected chi connectivity index (χ2v) is 6.39. The van der Waals surface area contributed by atoms with Crippen molar-refractivity contribution in [3.63, 3.8) is 0 Å². The zero-order valence-corrected chi connectivity index (χ0v) is 17.3. The fraction of sp³-hybridized carbons (Fsp3) is 0.273. The van der Waals surface area contributed by atoms with Gasteiger partial charge in [0.05, 0.1) is 25.5 Å². The Bertz CT molecular complexity index is 958. The summed E-state index contributed by atoms with van der Waals surface area (Å²) in [6.07, 6.45) is -1.78. The Balaban J connectivity index is 2.07. The molecule has 0 fully saturated rings. The molecule has 0 saturated carbocycles. The summed E-state index contributed by atoms with van der Waals surface area (Å²) in [5.74, 6) is -0.160. The highest BCUT2D eigenvalue weighted by atomic mass is 19.4. The SMILES string of the molecule is CCN(CC(=O)Nc1ccccc1C(F)(F)F)C(=O)/C=C/c1ccc(OC)c(OC)c1. The number of para-hydroxylation sites is 1. The fourth-order valence-corrected chi connectivity index (χ4v) is 2.78. The number of rotatable bonds is 8. The van der Waals surface area contributed by atoms with Gasteiger partial charge in [-0.3, -0.25) is 9.59 Å². The third-order valence-corrected chi connectivity index (χ3v) is 4.36. The second-order valence-electron chi connectivity index (χ2n) is 6.39. The molecule has 0 unspecified atom stereocenters. The number of carbonyl (C=O) groups is 2. The lowest BCUT2D eigenvalue weighted by Crippen LogP contribution is -2.37. The highest BCUT2D eigenvalue weighted by Gasteiger charge is 2.33. The lowest BCUT2D eigenvalue weighted by Gasteiger charge is -2.19. The smallest absolute Gasteiger partial charge is 0.418 e. The van der Waals surface area contributed by atoms with Gasteiger partial charge in [0, 0.05) is 12.6 Å². The van der Waals surface area contributed by atoms with Gasteiger partial charge in [0.1, 0.15) is 6.54 Å². The number of likely N-dealkylation sites (N-methyl/N-ethyl adjacent to an activating group) is 1. The van der Waals surface area contributed by atoms with Crippen LogP contribution >= 0.6 is 0 Å². The zero-order valence-electron chi connectivity index (χ0n) is 17.3. The molecule has 0 aromatic heterocycles. The van der Waals surface area contributed by atoms with Gasteiger partial charge < -0.3 is 19.7 Å². The maximum Gasteiger partial charge on any atom is 0.418 e. The molecule has 2 aromatic carbocycles. The molecule has 0 spiro atoms. The summed E-state index contributed by atoms with van der Waals surface area (Å²) in [6.45, 7) is 1.47. The first-order valence-electron chi connectivity index (χ1n) is 9.34. The largest absolute Gasteiger partial charge is 0.493 e. The summed E-state index contributed by atoms with van der Waals surface area (Å²) >= 11 is 0. The zero-order chi connectivity index (χ0) is 23.0. The van der Waals surface area contributed by atoms with Crippen LogP contribution in [0, 0.1) is 0 Å². The van der Waals surface area contributed by atoms with Crippen molar-refractivity contribution < 1.29 is 32.2 Å². The van der Waals surface area contributed by atoms with Crippen molar-refractivity contribution in [2.24, 2.45) is 0 Å². The molecule has 0 saturated heterocycles. The van der Waals surface area contributed by atoms with E-state index in [-0.39, 0.29) is 12.2 Å². The Morgan fingerprint density at radius 3 is 2.35 bits per heavy atom. The van der Waals surface area contributed by atoms with Crippen LogP contribution in [0.25, 0.3) is 6.08 Å². The van der Waals surface area contributed by atoms with Crippen LogP contribution in [0.1, 0.15) is 18.1 Å². The Morgan fingerprint density at radius 2 is 1.74 bits per heavy atom. The van der Waals surface area contributed by atoms with Gasteiger partial charge in [-0.25, -0.2) is 0 Å². The van der Waals surface area contributed by atoms with Crippen LogP contribution in [0.5, 0.6) is 11.5 Å². The highest BCUT2D eigenvalue weighted by molar-refractivity contribution is 5.98. The fourth-order valence-electron chi connectivity index (χ4n) is 2.78. The summed E-state index contributed by atoms with van der Waals surface area (Å²) in [5.41, 5.74) is -0.638. The van der Waals surface area contributed by atoms with Crippen molar-refractivity contribution in [3.05, 3.63) is 59.7 Å². The number of benzene rings is 2. The normalized spacial score (nSPS) is 11.3. The molecule has 2 aromatic rings. The summed E-state index contributed by atoms with van der Waals surface area (Å²) in [4.78, 5) is 25.9. The molecule has 0 bridgehead atoms. The van der Waals surface area contributed by atoms with E-state index in [0.29, 0.717) is 17.1 Å². The Labute approximate surface area is 178 Å². The van der Waals surface area contributed by atoms with E-state index in [1.165, 1.54) is 37.3 Å². The predicted molar refractivity (Wildman–Crippen MR) is 111 cm³/mol.